The van der Waals surface area contributed by atoms with Crippen molar-refractivity contribution in [3.05, 3.63) is 69.7 Å². The lowest BCUT2D eigenvalue weighted by atomic mass is 9.87. The van der Waals surface area contributed by atoms with E-state index >= 15 is 0 Å². The van der Waals surface area contributed by atoms with Crippen molar-refractivity contribution >= 4 is 23.2 Å². The number of hydrogen-bond acceptors (Lipinski definition) is 2. The highest BCUT2D eigenvalue weighted by Gasteiger charge is 2.45. The van der Waals surface area contributed by atoms with Gasteiger partial charge in [0.2, 0.25) is 0 Å². The Labute approximate surface area is 159 Å². The van der Waals surface area contributed by atoms with Gasteiger partial charge in [0.05, 0.1) is 12.1 Å². The van der Waals surface area contributed by atoms with E-state index in [1.54, 1.807) is 0 Å². The molecule has 2 aliphatic rings. The highest BCUT2D eigenvalue weighted by Crippen LogP contribution is 2.47. The number of hydrogen-bond donors (Lipinski definition) is 0. The zero-order valence-electron chi connectivity index (χ0n) is 13.9. The Morgan fingerprint density at radius 2 is 1.36 bits per heavy atom. The lowest BCUT2D eigenvalue weighted by Crippen LogP contribution is -2.45. The molecule has 0 N–H and O–H groups in total. The Morgan fingerprint density at radius 3 is 1.80 bits per heavy atom. The summed E-state index contributed by atoms with van der Waals surface area (Å²) in [6.45, 7) is 0. The van der Waals surface area contributed by atoms with Gasteiger partial charge in [-0.05, 0) is 48.9 Å². The van der Waals surface area contributed by atoms with Gasteiger partial charge in [-0.25, -0.2) is 0 Å². The lowest BCUT2D eigenvalue weighted by molar-refractivity contribution is 0.0883. The fourth-order valence-electron chi connectivity index (χ4n) is 4.62. The molecule has 25 heavy (non-hydrogen) atoms. The van der Waals surface area contributed by atoms with Crippen molar-refractivity contribution in [3.8, 4) is 6.07 Å². The number of benzene rings is 2. The largest absolute Gasteiger partial charge is 0.286 e. The second kappa shape index (κ2) is 7.00. The molecular weight excluding hydrogens is 351 g/mol. The molecule has 2 saturated heterocycles. The summed E-state index contributed by atoms with van der Waals surface area (Å²) in [6, 6.07) is 19.5. The first kappa shape index (κ1) is 16.9. The normalized spacial score (nSPS) is 25.9. The van der Waals surface area contributed by atoms with E-state index in [1.807, 2.05) is 36.4 Å². The van der Waals surface area contributed by atoms with Gasteiger partial charge in [0, 0.05) is 28.0 Å². The van der Waals surface area contributed by atoms with Crippen LogP contribution in [0.3, 0.4) is 0 Å². The Hall–Kier alpha value is -1.53. The quantitative estimate of drug-likeness (QED) is 0.677. The van der Waals surface area contributed by atoms with Gasteiger partial charge >= 0.3 is 0 Å². The first-order chi connectivity index (χ1) is 12.2. The van der Waals surface area contributed by atoms with Crippen LogP contribution >= 0.6 is 23.2 Å². The van der Waals surface area contributed by atoms with Gasteiger partial charge in [-0.1, -0.05) is 59.6 Å². The van der Waals surface area contributed by atoms with E-state index in [4.69, 9.17) is 23.2 Å². The van der Waals surface area contributed by atoms with E-state index in [1.165, 1.54) is 0 Å². The monoisotopic (exact) mass is 370 g/mol. The highest BCUT2D eigenvalue weighted by atomic mass is 35.5. The van der Waals surface area contributed by atoms with E-state index in [2.05, 4.69) is 23.1 Å². The third-order valence-electron chi connectivity index (χ3n) is 5.67. The molecule has 0 radical (unpaired) electrons. The molecule has 128 valence electrons. The molecule has 0 saturated carbocycles. The lowest BCUT2D eigenvalue weighted by Gasteiger charge is -2.43. The van der Waals surface area contributed by atoms with Crippen LogP contribution in [-0.2, 0) is 0 Å². The molecule has 2 nitrogen and oxygen atoms in total. The van der Waals surface area contributed by atoms with E-state index < -0.39 is 0 Å². The van der Waals surface area contributed by atoms with Crippen molar-refractivity contribution in [3.63, 3.8) is 0 Å². The average Bonchev–Trinajstić information content (AvgIpc) is 2.87. The molecular formula is C21H20Cl2N2. The molecule has 2 unspecified atom stereocenters. The van der Waals surface area contributed by atoms with Crippen LogP contribution in [0.5, 0.6) is 0 Å². The standard InChI is InChI=1S/C21H20Cl2N2/c22-19-7-3-1-5-17(19)21(18-6-2-4-8-20(18)23)25-15-9-10-16(25)12-14(11-15)13-24/h1-8,14-16,21H,9-12H2. The van der Waals surface area contributed by atoms with Gasteiger partial charge in [-0.2, -0.15) is 5.26 Å². The summed E-state index contributed by atoms with van der Waals surface area (Å²) in [7, 11) is 0. The summed E-state index contributed by atoms with van der Waals surface area (Å²) in [5.74, 6) is 0.173. The van der Waals surface area contributed by atoms with Gasteiger partial charge in [0.25, 0.3) is 0 Å². The summed E-state index contributed by atoms with van der Waals surface area (Å²) in [6.07, 6.45) is 4.18. The Bertz CT molecular complexity index is 754. The number of nitrogens with zero attached hydrogens (tertiary/aromatic N) is 2. The molecule has 0 spiro atoms. The van der Waals surface area contributed by atoms with Crippen LogP contribution in [0, 0.1) is 17.2 Å². The minimum absolute atomic E-state index is 0.0412. The fraction of sp³-hybridized carbons (Fsp3) is 0.381. The van der Waals surface area contributed by atoms with E-state index in [9.17, 15) is 5.26 Å². The molecule has 4 rings (SSSR count). The molecule has 2 aromatic rings. The third-order valence-corrected chi connectivity index (χ3v) is 6.36. The Balaban J connectivity index is 1.82. The van der Waals surface area contributed by atoms with Gasteiger partial charge in [0.1, 0.15) is 0 Å². The predicted octanol–water partition coefficient (Wildman–Crippen LogP) is 5.85. The molecule has 2 fully saturated rings. The maximum Gasteiger partial charge on any atom is 0.0657 e. The summed E-state index contributed by atoms with van der Waals surface area (Å²) >= 11 is 13.2. The van der Waals surface area contributed by atoms with E-state index in [-0.39, 0.29) is 12.0 Å². The van der Waals surface area contributed by atoms with Gasteiger partial charge in [0.15, 0.2) is 0 Å². The van der Waals surface area contributed by atoms with Crippen molar-refractivity contribution in [2.75, 3.05) is 0 Å². The average molecular weight is 371 g/mol. The van der Waals surface area contributed by atoms with E-state index in [0.717, 1.165) is 46.9 Å². The Kier molecular flexibility index (Phi) is 4.73. The van der Waals surface area contributed by atoms with Crippen LogP contribution in [0.25, 0.3) is 0 Å². The van der Waals surface area contributed by atoms with Gasteiger partial charge < -0.3 is 0 Å². The second-order valence-electron chi connectivity index (χ2n) is 7.08. The number of fused-ring (bicyclic) bond motifs is 2. The molecule has 2 atom stereocenters. The number of piperidine rings is 1. The van der Waals surface area contributed by atoms with Gasteiger partial charge in [-0.15, -0.1) is 0 Å². The number of nitriles is 1. The van der Waals surface area contributed by atoms with Crippen LogP contribution in [0.2, 0.25) is 10.0 Å². The van der Waals surface area contributed by atoms with E-state index in [0.29, 0.717) is 12.1 Å². The molecule has 2 aliphatic heterocycles. The molecule has 2 aromatic carbocycles. The van der Waals surface area contributed by atoms with Crippen molar-refractivity contribution in [1.82, 2.24) is 4.90 Å². The van der Waals surface area contributed by atoms with Crippen LogP contribution < -0.4 is 0 Å². The minimum atomic E-state index is 0.0412. The minimum Gasteiger partial charge on any atom is -0.286 e. The topological polar surface area (TPSA) is 27.0 Å². The van der Waals surface area contributed by atoms with Crippen LogP contribution in [0.4, 0.5) is 0 Å². The third kappa shape index (κ3) is 3.06. The molecule has 4 heteroatoms. The smallest absolute Gasteiger partial charge is 0.0657 e. The number of halogens is 2. The maximum absolute atomic E-state index is 9.39. The van der Waals surface area contributed by atoms with Crippen LogP contribution in [-0.4, -0.2) is 17.0 Å². The molecule has 2 heterocycles. The van der Waals surface area contributed by atoms with Crippen LogP contribution in [0.15, 0.2) is 48.5 Å². The van der Waals surface area contributed by atoms with Crippen molar-refractivity contribution < 1.29 is 0 Å². The van der Waals surface area contributed by atoms with Crippen molar-refractivity contribution in [1.29, 1.82) is 5.26 Å². The second-order valence-corrected chi connectivity index (χ2v) is 7.89. The van der Waals surface area contributed by atoms with Crippen molar-refractivity contribution in [2.24, 2.45) is 5.92 Å². The highest BCUT2D eigenvalue weighted by molar-refractivity contribution is 6.32. The fourth-order valence-corrected chi connectivity index (χ4v) is 5.10. The first-order valence-electron chi connectivity index (χ1n) is 8.85. The van der Waals surface area contributed by atoms with Gasteiger partial charge in [-0.3, -0.25) is 4.90 Å². The van der Waals surface area contributed by atoms with Crippen LogP contribution in [0.1, 0.15) is 42.9 Å². The van der Waals surface area contributed by atoms with Crippen molar-refractivity contribution in [2.45, 2.75) is 43.8 Å². The first-order valence-corrected chi connectivity index (χ1v) is 9.60. The predicted molar refractivity (Wildman–Crippen MR) is 102 cm³/mol. The summed E-state index contributed by atoms with van der Waals surface area (Å²) < 4.78 is 0. The summed E-state index contributed by atoms with van der Waals surface area (Å²) in [4.78, 5) is 2.58. The zero-order chi connectivity index (χ0) is 17.4. The zero-order valence-corrected chi connectivity index (χ0v) is 15.4. The SMILES string of the molecule is N#CC1CC2CCC(C1)N2C(c1ccccc1Cl)c1ccccc1Cl. The molecule has 0 aliphatic carbocycles. The Morgan fingerprint density at radius 1 is 0.880 bits per heavy atom. The maximum atomic E-state index is 9.39. The summed E-state index contributed by atoms with van der Waals surface area (Å²) in [5.41, 5.74) is 2.20. The molecule has 0 aromatic heterocycles. The molecule has 2 bridgehead atoms. The summed E-state index contributed by atoms with van der Waals surface area (Å²) in [5, 5.41) is 10.9. The molecule has 0 amide bonds. The number of rotatable bonds is 3.